The minimum absolute atomic E-state index is 0.120. The van der Waals surface area contributed by atoms with Gasteiger partial charge in [-0.25, -0.2) is 9.97 Å². The third-order valence-corrected chi connectivity index (χ3v) is 8.06. The molecule has 38 heavy (non-hydrogen) atoms. The van der Waals surface area contributed by atoms with Crippen LogP contribution in [0.1, 0.15) is 22.6 Å². The Morgan fingerprint density at radius 2 is 1.68 bits per heavy atom. The summed E-state index contributed by atoms with van der Waals surface area (Å²) in [6.45, 7) is 0.378. The third-order valence-electron chi connectivity index (χ3n) is 7.34. The Kier molecular flexibility index (Phi) is 5.28. The predicted octanol–water partition coefficient (Wildman–Crippen LogP) is 5.11. The van der Waals surface area contributed by atoms with E-state index in [1.54, 1.807) is 19.2 Å². The van der Waals surface area contributed by atoms with Gasteiger partial charge in [0.05, 0.1) is 58.4 Å². The number of rotatable bonds is 3. The molecule has 2 aliphatic heterocycles. The van der Waals surface area contributed by atoms with Crippen molar-refractivity contribution in [1.29, 1.82) is 0 Å². The molecule has 0 spiro atoms. The predicted molar refractivity (Wildman–Crippen MR) is 140 cm³/mol. The van der Waals surface area contributed by atoms with Crippen molar-refractivity contribution in [2.45, 2.75) is 5.92 Å². The van der Waals surface area contributed by atoms with Gasteiger partial charge in [0.2, 0.25) is 6.79 Å². The summed E-state index contributed by atoms with van der Waals surface area (Å²) in [4.78, 5) is 28.4. The van der Waals surface area contributed by atoms with Crippen LogP contribution in [-0.4, -0.2) is 49.3 Å². The van der Waals surface area contributed by atoms with Crippen molar-refractivity contribution >= 4 is 56.9 Å². The fourth-order valence-electron chi connectivity index (χ4n) is 5.64. The van der Waals surface area contributed by atoms with Crippen molar-refractivity contribution in [2.24, 2.45) is 17.0 Å². The minimum Gasteiger partial charge on any atom is -0.494 e. The van der Waals surface area contributed by atoms with Crippen molar-refractivity contribution in [1.82, 2.24) is 9.97 Å². The lowest BCUT2D eigenvalue weighted by Gasteiger charge is -2.36. The smallest absolute Gasteiger partial charge is 0.310 e. The number of ether oxygens (including phenoxy) is 4. The maximum absolute atomic E-state index is 13.3. The van der Waals surface area contributed by atoms with Gasteiger partial charge in [0.25, 0.3) is 0 Å². The average molecular weight is 552 g/mol. The van der Waals surface area contributed by atoms with Crippen molar-refractivity contribution in [3.8, 4) is 17.2 Å². The number of esters is 1. The van der Waals surface area contributed by atoms with Crippen molar-refractivity contribution < 1.29 is 28.6 Å². The number of carbonyl (C=O) groups excluding carboxylic acids is 1. The van der Waals surface area contributed by atoms with E-state index in [0.717, 1.165) is 16.7 Å². The van der Waals surface area contributed by atoms with Gasteiger partial charge in [-0.15, -0.1) is 0 Å². The summed E-state index contributed by atoms with van der Waals surface area (Å²) >= 11 is 12.5. The molecule has 11 heteroatoms. The molecule has 7 rings (SSSR count). The lowest BCUT2D eigenvalue weighted by atomic mass is 9.65. The first-order valence-corrected chi connectivity index (χ1v) is 12.6. The number of aromatic nitrogens is 2. The van der Waals surface area contributed by atoms with Crippen LogP contribution in [-0.2, 0) is 14.4 Å². The number of hydrogen-bond donors (Lipinski definition) is 0. The molecule has 9 nitrogen and oxygen atoms in total. The van der Waals surface area contributed by atoms with Crippen LogP contribution in [0, 0.1) is 11.8 Å². The van der Waals surface area contributed by atoms with Crippen molar-refractivity contribution in [2.75, 3.05) is 27.6 Å². The van der Waals surface area contributed by atoms with Crippen LogP contribution in [0.25, 0.3) is 22.1 Å². The second-order valence-electron chi connectivity index (χ2n) is 9.27. The molecule has 0 saturated carbocycles. The highest BCUT2D eigenvalue weighted by molar-refractivity contribution is 6.42. The zero-order valence-electron chi connectivity index (χ0n) is 20.2. The van der Waals surface area contributed by atoms with Gasteiger partial charge in [-0.3, -0.25) is 4.79 Å². The molecule has 0 amide bonds. The fourth-order valence-corrected chi connectivity index (χ4v) is 5.96. The first-order chi connectivity index (χ1) is 18.5. The Labute approximate surface area is 226 Å². The van der Waals surface area contributed by atoms with Gasteiger partial charge in [-0.1, -0.05) is 28.4 Å². The van der Waals surface area contributed by atoms with Gasteiger partial charge in [0, 0.05) is 11.5 Å². The molecule has 0 radical (unpaired) electrons. The van der Waals surface area contributed by atoms with E-state index >= 15 is 0 Å². The number of halogens is 2. The highest BCUT2D eigenvalue weighted by Crippen LogP contribution is 2.50. The van der Waals surface area contributed by atoms with Gasteiger partial charge < -0.3 is 23.8 Å². The quantitative estimate of drug-likeness (QED) is 0.255. The zero-order valence-corrected chi connectivity index (χ0v) is 21.7. The fraction of sp³-hybridized carbons (Fsp3) is 0.259. The van der Waals surface area contributed by atoms with E-state index < -0.39 is 11.8 Å². The number of carbonyl (C=O) groups is 1. The first kappa shape index (κ1) is 23.3. The largest absolute Gasteiger partial charge is 0.494 e. The molecule has 0 unspecified atom stereocenters. The number of methoxy groups -OCH3 is 2. The maximum atomic E-state index is 13.3. The summed E-state index contributed by atoms with van der Waals surface area (Å²) in [5.41, 5.74) is 5.48. The van der Waals surface area contributed by atoms with E-state index in [1.165, 1.54) is 7.11 Å². The van der Waals surface area contributed by atoms with Crippen LogP contribution in [0.15, 0.2) is 41.6 Å². The lowest BCUT2D eigenvalue weighted by Crippen LogP contribution is -2.40. The molecule has 1 aromatic heterocycles. The van der Waals surface area contributed by atoms with Crippen LogP contribution in [0.2, 0.25) is 10.0 Å². The minimum atomic E-state index is -0.613. The number of oxime groups is 1. The molecule has 1 aliphatic carbocycles. The summed E-state index contributed by atoms with van der Waals surface area (Å²) in [6.07, 6.45) is 0. The molecule has 0 N–H and O–H groups in total. The van der Waals surface area contributed by atoms with E-state index in [9.17, 15) is 4.79 Å². The summed E-state index contributed by atoms with van der Waals surface area (Å²) in [5.74, 6) is -0.0138. The van der Waals surface area contributed by atoms with E-state index in [-0.39, 0.29) is 25.3 Å². The number of nitrogens with zero attached hydrogens (tertiary/aromatic N) is 3. The molecule has 0 bridgehead atoms. The molecule has 3 atom stereocenters. The Morgan fingerprint density at radius 1 is 0.947 bits per heavy atom. The molecule has 0 fully saturated rings. The Balaban J connectivity index is 1.50. The molecule has 0 saturated heterocycles. The van der Waals surface area contributed by atoms with E-state index in [2.05, 4.69) is 5.16 Å². The van der Waals surface area contributed by atoms with Crippen LogP contribution in [0.5, 0.6) is 17.2 Å². The summed E-state index contributed by atoms with van der Waals surface area (Å²) < 4.78 is 22.4. The number of fused-ring (bicyclic) bond motifs is 6. The monoisotopic (exact) mass is 551 g/mol. The molecular weight excluding hydrogens is 533 g/mol. The van der Waals surface area contributed by atoms with E-state index in [1.807, 2.05) is 24.3 Å². The highest BCUT2D eigenvalue weighted by Gasteiger charge is 2.49. The lowest BCUT2D eigenvalue weighted by molar-refractivity contribution is -0.147. The zero-order chi connectivity index (χ0) is 26.1. The van der Waals surface area contributed by atoms with Gasteiger partial charge in [-0.05, 0) is 47.5 Å². The topological polar surface area (TPSA) is 101 Å². The van der Waals surface area contributed by atoms with Crippen molar-refractivity contribution in [3.63, 3.8) is 0 Å². The molecule has 3 aliphatic rings. The van der Waals surface area contributed by atoms with Gasteiger partial charge in [0.1, 0.15) is 17.9 Å². The normalized spacial score (nSPS) is 21.1. The number of hydrogen-bond acceptors (Lipinski definition) is 9. The van der Waals surface area contributed by atoms with Gasteiger partial charge >= 0.3 is 5.97 Å². The van der Waals surface area contributed by atoms with Crippen LogP contribution >= 0.6 is 23.2 Å². The second kappa shape index (κ2) is 8.61. The van der Waals surface area contributed by atoms with Crippen LogP contribution < -0.4 is 14.2 Å². The number of benzene rings is 3. The van der Waals surface area contributed by atoms with Gasteiger partial charge in [0.15, 0.2) is 11.5 Å². The highest BCUT2D eigenvalue weighted by atomic mass is 35.5. The van der Waals surface area contributed by atoms with Crippen molar-refractivity contribution in [3.05, 3.63) is 63.1 Å². The standard InChI is InChI=1S/C27H19Cl2N3O6/c1-34-22-4-11(3-19-26(22)31-18-8-16(29)15(28)7-17(18)30-19)23-12-5-20-21(37-10-36-20)6-13(12)25-14(9-38-32-25)24(23)27(33)35-2/h3-8,14,23-24H,9-10H2,1-2H3/t14-,23+,24-/m0/s1. The molecule has 192 valence electrons. The Bertz CT molecular complexity index is 1710. The Morgan fingerprint density at radius 3 is 2.42 bits per heavy atom. The summed E-state index contributed by atoms with van der Waals surface area (Å²) in [6, 6.07) is 11.0. The van der Waals surface area contributed by atoms with Crippen LogP contribution in [0.3, 0.4) is 0 Å². The third kappa shape index (κ3) is 3.38. The molecular formula is C27H19Cl2N3O6. The SMILES string of the molecule is COC(=O)[C@@H]1[C@H](c2cc(OC)c3nc4cc(Cl)c(Cl)cc4nc3c2)c2cc3c(cc2C2=NOC[C@H]21)OCO3. The molecule has 4 aromatic rings. The second-order valence-corrected chi connectivity index (χ2v) is 10.1. The van der Waals surface area contributed by atoms with Crippen LogP contribution in [0.4, 0.5) is 0 Å². The summed E-state index contributed by atoms with van der Waals surface area (Å²) in [7, 11) is 2.95. The summed E-state index contributed by atoms with van der Waals surface area (Å²) in [5, 5.41) is 5.06. The van der Waals surface area contributed by atoms with Gasteiger partial charge in [-0.2, -0.15) is 0 Å². The van der Waals surface area contributed by atoms with E-state index in [4.69, 9.17) is 57.0 Å². The molecule has 3 aromatic carbocycles. The van der Waals surface area contributed by atoms with E-state index in [0.29, 0.717) is 55.1 Å². The molecule has 3 heterocycles. The Hall–Kier alpha value is -3.82. The first-order valence-electron chi connectivity index (χ1n) is 11.8. The average Bonchev–Trinajstić information content (AvgIpc) is 3.59. The maximum Gasteiger partial charge on any atom is 0.310 e.